The van der Waals surface area contributed by atoms with Gasteiger partial charge in [0.25, 0.3) is 0 Å². The Morgan fingerprint density at radius 1 is 0.625 bits per heavy atom. The highest BCUT2D eigenvalue weighted by molar-refractivity contribution is 5.51. The summed E-state index contributed by atoms with van der Waals surface area (Å²) < 4.78 is 32.2. The fourth-order valence-electron chi connectivity index (χ4n) is 1.71. The third-order valence-corrected chi connectivity index (χ3v) is 2.66. The maximum absolute atomic E-state index is 5.74. The van der Waals surface area contributed by atoms with Crippen LogP contribution in [-0.2, 0) is 14.2 Å². The predicted molar refractivity (Wildman–Crippen MR) is 91.4 cm³/mol. The summed E-state index contributed by atoms with van der Waals surface area (Å²) in [5.41, 5.74) is 0. The highest BCUT2D eigenvalue weighted by Crippen LogP contribution is 2.37. The molecule has 6 heteroatoms. The van der Waals surface area contributed by atoms with Crippen LogP contribution in [-0.4, -0.2) is 39.6 Å². The number of hydrogen-bond acceptors (Lipinski definition) is 6. The Balaban J connectivity index is 2.71. The van der Waals surface area contributed by atoms with Gasteiger partial charge in [-0.2, -0.15) is 0 Å². The van der Waals surface area contributed by atoms with Crippen LogP contribution in [0.5, 0.6) is 17.2 Å². The van der Waals surface area contributed by atoms with E-state index in [2.05, 4.69) is 19.7 Å². The molecule has 6 nitrogen and oxygen atoms in total. The predicted octanol–water partition coefficient (Wildman–Crippen LogP) is 3.30. The van der Waals surface area contributed by atoms with E-state index in [1.165, 1.54) is 18.8 Å². The molecular weight excluding hydrogens is 312 g/mol. The average Bonchev–Trinajstić information content (AvgIpc) is 2.60. The molecule has 1 aromatic carbocycles. The Hall–Kier alpha value is -2.76. The molecule has 24 heavy (non-hydrogen) atoms. The smallest absolute Gasteiger partial charge is 0.203 e. The van der Waals surface area contributed by atoms with Crippen LogP contribution in [0.25, 0.3) is 0 Å². The molecule has 0 saturated heterocycles. The van der Waals surface area contributed by atoms with Gasteiger partial charge < -0.3 is 28.4 Å². The van der Waals surface area contributed by atoms with Crippen molar-refractivity contribution in [2.45, 2.75) is 0 Å². The Morgan fingerprint density at radius 3 is 1.46 bits per heavy atom. The van der Waals surface area contributed by atoms with Crippen molar-refractivity contribution in [3.63, 3.8) is 0 Å². The lowest BCUT2D eigenvalue weighted by molar-refractivity contribution is 0.149. The molecule has 0 fully saturated rings. The molecule has 1 rings (SSSR count). The quantitative estimate of drug-likeness (QED) is 0.362. The lowest BCUT2D eigenvalue weighted by atomic mass is 10.3. The van der Waals surface area contributed by atoms with E-state index in [1.54, 1.807) is 12.1 Å². The third-order valence-electron chi connectivity index (χ3n) is 2.66. The van der Waals surface area contributed by atoms with Crippen molar-refractivity contribution in [1.29, 1.82) is 0 Å². The van der Waals surface area contributed by atoms with E-state index in [0.29, 0.717) is 56.9 Å². The normalized spacial score (nSPS) is 9.50. The molecule has 0 aliphatic carbocycles. The van der Waals surface area contributed by atoms with Gasteiger partial charge in [-0.3, -0.25) is 0 Å². The van der Waals surface area contributed by atoms with Gasteiger partial charge in [0.15, 0.2) is 11.5 Å². The molecule has 0 aromatic heterocycles. The van der Waals surface area contributed by atoms with Gasteiger partial charge in [0.1, 0.15) is 39.6 Å². The molecule has 0 amide bonds. The molecule has 0 unspecified atom stereocenters. The summed E-state index contributed by atoms with van der Waals surface area (Å²) in [5, 5.41) is 0. The topological polar surface area (TPSA) is 55.4 Å². The molecule has 1 aromatic rings. The van der Waals surface area contributed by atoms with Gasteiger partial charge in [0.2, 0.25) is 5.75 Å². The van der Waals surface area contributed by atoms with Gasteiger partial charge in [-0.15, -0.1) is 0 Å². The van der Waals surface area contributed by atoms with E-state index < -0.39 is 0 Å². The van der Waals surface area contributed by atoms with Crippen molar-refractivity contribution >= 4 is 0 Å². The van der Waals surface area contributed by atoms with Crippen LogP contribution >= 0.6 is 0 Å². The standard InChI is InChI=1S/C18H24O6/c1-4-19-10-13-22-16-8-7-9-17(23-14-11-20-5-2)18(16)24-15-12-21-6-3/h4-9H,1-3,10-15H2. The van der Waals surface area contributed by atoms with Crippen molar-refractivity contribution in [2.75, 3.05) is 39.6 Å². The van der Waals surface area contributed by atoms with Crippen LogP contribution in [0.2, 0.25) is 0 Å². The first-order valence-electron chi connectivity index (χ1n) is 7.52. The first kappa shape index (κ1) is 19.3. The largest absolute Gasteiger partial charge is 0.498 e. The zero-order chi connectivity index (χ0) is 17.5. The first-order chi connectivity index (χ1) is 11.8. The lowest BCUT2D eigenvalue weighted by Gasteiger charge is -2.16. The molecule has 0 N–H and O–H groups in total. The molecule has 0 spiro atoms. The Morgan fingerprint density at radius 2 is 1.04 bits per heavy atom. The zero-order valence-electron chi connectivity index (χ0n) is 13.8. The van der Waals surface area contributed by atoms with Gasteiger partial charge >= 0.3 is 0 Å². The van der Waals surface area contributed by atoms with E-state index in [9.17, 15) is 0 Å². The fraction of sp³-hybridized carbons (Fsp3) is 0.333. The average molecular weight is 336 g/mol. The van der Waals surface area contributed by atoms with E-state index in [1.807, 2.05) is 6.07 Å². The molecule has 0 radical (unpaired) electrons. The minimum atomic E-state index is 0.328. The van der Waals surface area contributed by atoms with E-state index in [0.717, 1.165) is 0 Å². The first-order valence-corrected chi connectivity index (χ1v) is 7.52. The maximum Gasteiger partial charge on any atom is 0.203 e. The van der Waals surface area contributed by atoms with Gasteiger partial charge in [-0.1, -0.05) is 25.8 Å². The molecule has 0 aliphatic heterocycles. The maximum atomic E-state index is 5.74. The van der Waals surface area contributed by atoms with Crippen molar-refractivity contribution in [2.24, 2.45) is 0 Å². The molecular formula is C18H24O6. The Kier molecular flexibility index (Phi) is 10.2. The SMILES string of the molecule is C=COCCOc1cccc(OCCOC=C)c1OCCOC=C. The van der Waals surface area contributed by atoms with Gasteiger partial charge in [0, 0.05) is 0 Å². The second-order valence-electron chi connectivity index (χ2n) is 4.24. The van der Waals surface area contributed by atoms with E-state index in [-0.39, 0.29) is 0 Å². The van der Waals surface area contributed by atoms with Crippen molar-refractivity contribution < 1.29 is 28.4 Å². The highest BCUT2D eigenvalue weighted by atomic mass is 16.6. The van der Waals surface area contributed by atoms with Gasteiger partial charge in [-0.25, -0.2) is 0 Å². The number of ether oxygens (including phenoxy) is 6. The van der Waals surface area contributed by atoms with E-state index >= 15 is 0 Å². The zero-order valence-corrected chi connectivity index (χ0v) is 13.8. The van der Waals surface area contributed by atoms with E-state index in [4.69, 9.17) is 28.4 Å². The van der Waals surface area contributed by atoms with Crippen LogP contribution < -0.4 is 14.2 Å². The summed E-state index contributed by atoms with van der Waals surface area (Å²) in [6, 6.07) is 5.41. The van der Waals surface area contributed by atoms with Crippen molar-refractivity contribution in [3.05, 3.63) is 56.7 Å². The van der Waals surface area contributed by atoms with Crippen LogP contribution in [0, 0.1) is 0 Å². The Labute approximate surface area is 142 Å². The highest BCUT2D eigenvalue weighted by Gasteiger charge is 2.13. The number of rotatable bonds is 15. The fourth-order valence-corrected chi connectivity index (χ4v) is 1.71. The number of hydrogen-bond donors (Lipinski definition) is 0. The monoisotopic (exact) mass is 336 g/mol. The summed E-state index contributed by atoms with van der Waals surface area (Å²) in [6.07, 6.45) is 4.10. The molecule has 0 heterocycles. The summed E-state index contributed by atoms with van der Waals surface area (Å²) in [5.74, 6) is 1.62. The summed E-state index contributed by atoms with van der Waals surface area (Å²) in [7, 11) is 0. The minimum Gasteiger partial charge on any atom is -0.498 e. The second kappa shape index (κ2) is 12.8. The molecule has 0 saturated carbocycles. The third kappa shape index (κ3) is 7.49. The van der Waals surface area contributed by atoms with Gasteiger partial charge in [0.05, 0.1) is 18.8 Å². The minimum absolute atomic E-state index is 0.328. The summed E-state index contributed by atoms with van der Waals surface area (Å²) in [6.45, 7) is 12.6. The molecule has 132 valence electrons. The van der Waals surface area contributed by atoms with Crippen molar-refractivity contribution in [1.82, 2.24) is 0 Å². The summed E-state index contributed by atoms with van der Waals surface area (Å²) >= 11 is 0. The number of benzene rings is 1. The van der Waals surface area contributed by atoms with Crippen LogP contribution in [0.4, 0.5) is 0 Å². The number of para-hydroxylation sites is 1. The second-order valence-corrected chi connectivity index (χ2v) is 4.24. The summed E-state index contributed by atoms with van der Waals surface area (Å²) in [4.78, 5) is 0. The van der Waals surface area contributed by atoms with Crippen molar-refractivity contribution in [3.8, 4) is 17.2 Å². The Bertz CT molecular complexity index is 466. The molecule has 0 aliphatic rings. The van der Waals surface area contributed by atoms with Crippen LogP contribution in [0.15, 0.2) is 56.7 Å². The molecule has 0 atom stereocenters. The van der Waals surface area contributed by atoms with Crippen LogP contribution in [0.1, 0.15) is 0 Å². The molecule has 0 bridgehead atoms. The van der Waals surface area contributed by atoms with Crippen LogP contribution in [0.3, 0.4) is 0 Å². The van der Waals surface area contributed by atoms with Gasteiger partial charge in [-0.05, 0) is 12.1 Å². The lowest BCUT2D eigenvalue weighted by Crippen LogP contribution is -2.10.